The first-order chi connectivity index (χ1) is 11.2. The van der Waals surface area contributed by atoms with E-state index in [2.05, 4.69) is 21.9 Å². The van der Waals surface area contributed by atoms with E-state index < -0.39 is 5.60 Å². The van der Waals surface area contributed by atoms with Gasteiger partial charge in [-0.2, -0.15) is 0 Å². The molecule has 2 aliphatic rings. The summed E-state index contributed by atoms with van der Waals surface area (Å²) in [7, 11) is 0. The first-order valence-corrected chi connectivity index (χ1v) is 9.06. The van der Waals surface area contributed by atoms with Crippen molar-refractivity contribution in [2.24, 2.45) is 0 Å². The summed E-state index contributed by atoms with van der Waals surface area (Å²) in [6.07, 6.45) is 4.78. The molecule has 3 rings (SSSR count). The first kappa shape index (κ1) is 16.7. The second-order valence-electron chi connectivity index (χ2n) is 7.06. The lowest BCUT2D eigenvalue weighted by molar-refractivity contribution is 0.00629. The van der Waals surface area contributed by atoms with Crippen LogP contribution in [0.15, 0.2) is 24.3 Å². The van der Waals surface area contributed by atoms with Gasteiger partial charge in [-0.15, -0.1) is 0 Å². The van der Waals surface area contributed by atoms with Crippen molar-refractivity contribution in [2.45, 2.75) is 44.8 Å². The minimum Gasteiger partial charge on any atom is -0.494 e. The number of hydrogen-bond donors (Lipinski definition) is 1. The maximum absolute atomic E-state index is 11.0. The number of ether oxygens (including phenoxy) is 1. The third kappa shape index (κ3) is 4.46. The van der Waals surface area contributed by atoms with Gasteiger partial charge in [0.15, 0.2) is 0 Å². The Morgan fingerprint density at radius 1 is 1.09 bits per heavy atom. The van der Waals surface area contributed by atoms with E-state index in [4.69, 9.17) is 4.74 Å². The van der Waals surface area contributed by atoms with E-state index in [1.807, 2.05) is 19.1 Å². The zero-order chi connectivity index (χ0) is 16.1. The molecule has 0 aromatic heterocycles. The maximum atomic E-state index is 11.0. The Balaban J connectivity index is 1.57. The molecule has 0 radical (unpaired) electrons. The van der Waals surface area contributed by atoms with Crippen LogP contribution in [0.25, 0.3) is 0 Å². The van der Waals surface area contributed by atoms with E-state index >= 15 is 0 Å². The Bertz CT molecular complexity index is 502. The predicted molar refractivity (Wildman–Crippen MR) is 92.7 cm³/mol. The van der Waals surface area contributed by atoms with Gasteiger partial charge >= 0.3 is 0 Å². The molecule has 2 fully saturated rings. The highest BCUT2D eigenvalue weighted by Crippen LogP contribution is 2.27. The van der Waals surface area contributed by atoms with Crippen LogP contribution >= 0.6 is 0 Å². The topological polar surface area (TPSA) is 35.9 Å². The number of rotatable bonds is 6. The standard InChI is InChI=1S/C19H30N2O2/c1-2-23-18-9-5-4-8-17(18)14-21-13-10-19(22,16-21)15-20-11-6-3-7-12-20/h4-5,8-9,22H,2-3,6-7,10-16H2,1H3/t19-/m0/s1. The quantitative estimate of drug-likeness (QED) is 0.874. The van der Waals surface area contributed by atoms with Crippen LogP contribution in [0.3, 0.4) is 0 Å². The van der Waals surface area contributed by atoms with E-state index in [-0.39, 0.29) is 0 Å². The summed E-state index contributed by atoms with van der Waals surface area (Å²) in [5, 5.41) is 11.0. The highest BCUT2D eigenvalue weighted by atomic mass is 16.5. The van der Waals surface area contributed by atoms with Crippen LogP contribution in [-0.2, 0) is 6.54 Å². The molecule has 1 aromatic rings. The highest BCUT2D eigenvalue weighted by Gasteiger charge is 2.37. The van der Waals surface area contributed by atoms with E-state index in [1.54, 1.807) is 0 Å². The van der Waals surface area contributed by atoms with E-state index in [9.17, 15) is 5.11 Å². The van der Waals surface area contributed by atoms with Gasteiger partial charge in [-0.25, -0.2) is 0 Å². The number of nitrogens with zero attached hydrogens (tertiary/aromatic N) is 2. The molecular weight excluding hydrogens is 288 g/mol. The van der Waals surface area contributed by atoms with Gasteiger partial charge in [0, 0.05) is 31.7 Å². The molecule has 2 saturated heterocycles. The lowest BCUT2D eigenvalue weighted by atomic mass is 10.0. The molecule has 2 heterocycles. The number of piperidine rings is 1. The summed E-state index contributed by atoms with van der Waals surface area (Å²) in [5.74, 6) is 0.974. The summed E-state index contributed by atoms with van der Waals surface area (Å²) in [6, 6.07) is 8.25. The monoisotopic (exact) mass is 318 g/mol. The van der Waals surface area contributed by atoms with Crippen molar-refractivity contribution >= 4 is 0 Å². The van der Waals surface area contributed by atoms with E-state index in [0.717, 1.165) is 51.4 Å². The molecule has 2 aliphatic heterocycles. The highest BCUT2D eigenvalue weighted by molar-refractivity contribution is 5.33. The normalized spacial score (nSPS) is 26.5. The van der Waals surface area contributed by atoms with Crippen LogP contribution in [0.5, 0.6) is 5.75 Å². The average molecular weight is 318 g/mol. The molecule has 0 spiro atoms. The van der Waals surface area contributed by atoms with Crippen LogP contribution in [0.1, 0.15) is 38.2 Å². The smallest absolute Gasteiger partial charge is 0.123 e. The fourth-order valence-corrected chi connectivity index (χ4v) is 3.91. The summed E-state index contributed by atoms with van der Waals surface area (Å²) >= 11 is 0. The first-order valence-electron chi connectivity index (χ1n) is 9.06. The van der Waals surface area contributed by atoms with Crippen molar-refractivity contribution in [3.05, 3.63) is 29.8 Å². The lowest BCUT2D eigenvalue weighted by Gasteiger charge is -2.33. The van der Waals surface area contributed by atoms with E-state index in [0.29, 0.717) is 6.61 Å². The molecule has 128 valence electrons. The minimum absolute atomic E-state index is 0.544. The maximum Gasteiger partial charge on any atom is 0.123 e. The molecule has 4 heteroatoms. The van der Waals surface area contributed by atoms with Gasteiger partial charge in [-0.3, -0.25) is 4.90 Å². The fraction of sp³-hybridized carbons (Fsp3) is 0.684. The molecule has 1 atom stereocenters. The molecular formula is C19H30N2O2. The summed E-state index contributed by atoms with van der Waals surface area (Å²) < 4.78 is 5.72. The molecule has 0 unspecified atom stereocenters. The molecule has 4 nitrogen and oxygen atoms in total. The molecule has 23 heavy (non-hydrogen) atoms. The fourth-order valence-electron chi connectivity index (χ4n) is 3.91. The van der Waals surface area contributed by atoms with E-state index in [1.165, 1.54) is 24.8 Å². The SMILES string of the molecule is CCOc1ccccc1CN1CC[C@](O)(CN2CCCCC2)C1. The zero-order valence-electron chi connectivity index (χ0n) is 14.3. The number of hydrogen-bond acceptors (Lipinski definition) is 4. The average Bonchev–Trinajstić information content (AvgIpc) is 2.91. The van der Waals surface area contributed by atoms with Crippen LogP contribution in [0.2, 0.25) is 0 Å². The Labute approximate surface area is 140 Å². The molecule has 0 bridgehead atoms. The van der Waals surface area contributed by atoms with Crippen molar-refractivity contribution in [1.29, 1.82) is 0 Å². The Morgan fingerprint density at radius 3 is 2.65 bits per heavy atom. The molecule has 0 aliphatic carbocycles. The third-order valence-electron chi connectivity index (χ3n) is 5.04. The summed E-state index contributed by atoms with van der Waals surface area (Å²) in [6.45, 7) is 8.43. The second kappa shape index (κ2) is 7.65. The van der Waals surface area contributed by atoms with Gasteiger partial charge in [0.2, 0.25) is 0 Å². The van der Waals surface area contributed by atoms with Crippen molar-refractivity contribution in [1.82, 2.24) is 9.80 Å². The van der Waals surface area contributed by atoms with Crippen LogP contribution in [0, 0.1) is 0 Å². The Hall–Kier alpha value is -1.10. The van der Waals surface area contributed by atoms with Gasteiger partial charge in [0.1, 0.15) is 5.75 Å². The number of β-amino-alcohol motifs (C(OH)–C–C–N with tert-alkyl or cyclic N) is 1. The predicted octanol–water partition coefficient (Wildman–Crippen LogP) is 2.51. The minimum atomic E-state index is -0.544. The zero-order valence-corrected chi connectivity index (χ0v) is 14.3. The van der Waals surface area contributed by atoms with Gasteiger partial charge in [-0.1, -0.05) is 24.6 Å². The number of likely N-dealkylation sites (tertiary alicyclic amines) is 2. The molecule has 0 saturated carbocycles. The van der Waals surface area contributed by atoms with Crippen LogP contribution in [-0.4, -0.2) is 59.8 Å². The number of aliphatic hydroxyl groups is 1. The van der Waals surface area contributed by atoms with Crippen molar-refractivity contribution in [2.75, 3.05) is 39.3 Å². The van der Waals surface area contributed by atoms with Crippen LogP contribution < -0.4 is 4.74 Å². The van der Waals surface area contributed by atoms with Gasteiger partial charge in [0.25, 0.3) is 0 Å². The lowest BCUT2D eigenvalue weighted by Crippen LogP contribution is -2.46. The number of para-hydroxylation sites is 1. The number of benzene rings is 1. The van der Waals surface area contributed by atoms with Gasteiger partial charge < -0.3 is 14.7 Å². The summed E-state index contributed by atoms with van der Waals surface area (Å²) in [4.78, 5) is 4.81. The Kier molecular flexibility index (Phi) is 5.57. The third-order valence-corrected chi connectivity index (χ3v) is 5.04. The summed E-state index contributed by atoms with van der Waals surface area (Å²) in [5.41, 5.74) is 0.675. The molecule has 1 N–H and O–H groups in total. The Morgan fingerprint density at radius 2 is 1.87 bits per heavy atom. The van der Waals surface area contributed by atoms with Gasteiger partial charge in [-0.05, 0) is 45.3 Å². The van der Waals surface area contributed by atoms with Crippen molar-refractivity contribution in [3.63, 3.8) is 0 Å². The van der Waals surface area contributed by atoms with Gasteiger partial charge in [0.05, 0.1) is 12.2 Å². The largest absolute Gasteiger partial charge is 0.494 e. The van der Waals surface area contributed by atoms with Crippen molar-refractivity contribution < 1.29 is 9.84 Å². The van der Waals surface area contributed by atoms with Crippen LogP contribution in [0.4, 0.5) is 0 Å². The molecule has 1 aromatic carbocycles. The second-order valence-corrected chi connectivity index (χ2v) is 7.06. The van der Waals surface area contributed by atoms with Crippen molar-refractivity contribution in [3.8, 4) is 5.75 Å². The molecule has 0 amide bonds.